The molecule has 1 N–H and O–H groups in total. The van der Waals surface area contributed by atoms with Crippen LogP contribution in [0, 0.1) is 0 Å². The molecular formula is C22H26FN7S. The van der Waals surface area contributed by atoms with E-state index in [-0.39, 0.29) is 12.7 Å². The monoisotopic (exact) mass is 439 g/mol. The fourth-order valence-electron chi connectivity index (χ4n) is 3.57. The summed E-state index contributed by atoms with van der Waals surface area (Å²) in [6.45, 7) is 2.64. The molecule has 1 atom stereocenters. The van der Waals surface area contributed by atoms with Gasteiger partial charge in [0, 0.05) is 56.1 Å². The molecule has 0 aliphatic heterocycles. The third-order valence-electron chi connectivity index (χ3n) is 5.10. The van der Waals surface area contributed by atoms with Gasteiger partial charge in [-0.25, -0.2) is 9.07 Å². The molecule has 0 fully saturated rings. The Morgan fingerprint density at radius 3 is 2.84 bits per heavy atom. The number of hydrogen-bond donors (Lipinski definition) is 1. The van der Waals surface area contributed by atoms with E-state index in [1.54, 1.807) is 11.7 Å². The minimum Gasteiger partial charge on any atom is -0.308 e. The van der Waals surface area contributed by atoms with E-state index >= 15 is 0 Å². The molecule has 0 aliphatic rings. The molecule has 1 aromatic carbocycles. The zero-order valence-electron chi connectivity index (χ0n) is 17.9. The van der Waals surface area contributed by atoms with E-state index in [2.05, 4.69) is 51.6 Å². The zero-order chi connectivity index (χ0) is 21.8. The first-order chi connectivity index (χ1) is 15.1. The van der Waals surface area contributed by atoms with Crippen LogP contribution in [-0.2, 0) is 20.0 Å². The number of fused-ring (bicyclic) bond motifs is 1. The molecule has 31 heavy (non-hydrogen) atoms. The molecule has 3 heterocycles. The van der Waals surface area contributed by atoms with Crippen LogP contribution in [0.4, 0.5) is 4.39 Å². The fourth-order valence-corrected chi connectivity index (χ4v) is 4.49. The highest BCUT2D eigenvalue weighted by atomic mass is 32.1. The molecule has 7 nitrogen and oxygen atoms in total. The Morgan fingerprint density at radius 2 is 2.10 bits per heavy atom. The van der Waals surface area contributed by atoms with E-state index in [1.807, 2.05) is 30.3 Å². The van der Waals surface area contributed by atoms with Crippen LogP contribution in [0.25, 0.3) is 22.0 Å². The molecule has 4 aromatic rings. The highest BCUT2D eigenvalue weighted by Crippen LogP contribution is 2.24. The predicted octanol–water partition coefficient (Wildman–Crippen LogP) is 3.29. The normalized spacial score (nSPS) is 13.2. The van der Waals surface area contributed by atoms with Crippen LogP contribution in [0.2, 0.25) is 0 Å². The maximum Gasteiger partial charge on any atom is 0.203 e. The van der Waals surface area contributed by atoms with Crippen LogP contribution >= 0.6 is 11.3 Å². The number of rotatable bonds is 8. The van der Waals surface area contributed by atoms with Gasteiger partial charge in [-0.05, 0) is 37.1 Å². The smallest absolute Gasteiger partial charge is 0.203 e. The fraction of sp³-hybridized carbons (Fsp3) is 0.364. The largest absolute Gasteiger partial charge is 0.308 e. The van der Waals surface area contributed by atoms with Gasteiger partial charge < -0.3 is 5.32 Å². The lowest BCUT2D eigenvalue weighted by Crippen LogP contribution is -2.22. The molecule has 4 rings (SSSR count). The summed E-state index contributed by atoms with van der Waals surface area (Å²) in [5.41, 5.74) is 4.29. The van der Waals surface area contributed by atoms with Gasteiger partial charge in [-0.15, -0.1) is 0 Å². The van der Waals surface area contributed by atoms with E-state index in [4.69, 9.17) is 5.10 Å². The molecule has 1 unspecified atom stereocenters. The lowest BCUT2D eigenvalue weighted by atomic mass is 10.0. The van der Waals surface area contributed by atoms with Crippen LogP contribution in [0.1, 0.15) is 23.5 Å². The number of alkyl halides is 1. The van der Waals surface area contributed by atoms with Crippen LogP contribution in [-0.4, -0.2) is 44.8 Å². The Bertz CT molecular complexity index is 1240. The Labute approximate surface area is 184 Å². The quantitative estimate of drug-likeness (QED) is 0.428. The number of benzene rings is 1. The summed E-state index contributed by atoms with van der Waals surface area (Å²) < 4.78 is 16.1. The van der Waals surface area contributed by atoms with Crippen molar-refractivity contribution in [2.45, 2.75) is 25.9 Å². The first kappa shape index (κ1) is 21.3. The van der Waals surface area contributed by atoms with Crippen molar-refractivity contribution in [3.8, 4) is 11.1 Å². The Kier molecular flexibility index (Phi) is 6.53. The lowest BCUT2D eigenvalue weighted by Gasteiger charge is -2.13. The lowest BCUT2D eigenvalue weighted by molar-refractivity contribution is 0.452. The van der Waals surface area contributed by atoms with Crippen molar-refractivity contribution in [1.29, 1.82) is 0 Å². The number of halogens is 1. The molecule has 9 heteroatoms. The second-order valence-corrected chi connectivity index (χ2v) is 8.56. The van der Waals surface area contributed by atoms with Gasteiger partial charge >= 0.3 is 0 Å². The summed E-state index contributed by atoms with van der Waals surface area (Å²) >= 11 is 1.54. The number of hydrogen-bond acceptors (Lipinski definition) is 6. The van der Waals surface area contributed by atoms with E-state index < -0.39 is 0 Å². The molecule has 0 spiro atoms. The summed E-state index contributed by atoms with van der Waals surface area (Å²) in [6, 6.07) is 8.67. The first-order valence-corrected chi connectivity index (χ1v) is 11.0. The Morgan fingerprint density at radius 1 is 1.23 bits per heavy atom. The Hall–Kier alpha value is -2.91. The van der Waals surface area contributed by atoms with Gasteiger partial charge in [-0.1, -0.05) is 17.4 Å². The molecule has 0 amide bonds. The van der Waals surface area contributed by atoms with Crippen molar-refractivity contribution in [1.82, 2.24) is 29.9 Å². The van der Waals surface area contributed by atoms with Crippen molar-refractivity contribution in [3.63, 3.8) is 0 Å². The van der Waals surface area contributed by atoms with Gasteiger partial charge in [-0.2, -0.15) is 10.2 Å². The Balaban J connectivity index is 1.56. The summed E-state index contributed by atoms with van der Waals surface area (Å²) in [5, 5.41) is 14.0. The van der Waals surface area contributed by atoms with Gasteiger partial charge in [0.05, 0.1) is 17.8 Å². The van der Waals surface area contributed by atoms with Crippen LogP contribution in [0.5, 0.6) is 0 Å². The average Bonchev–Trinajstić information content (AvgIpc) is 3.39. The van der Waals surface area contributed by atoms with Crippen molar-refractivity contribution >= 4 is 22.2 Å². The van der Waals surface area contributed by atoms with Gasteiger partial charge in [0.1, 0.15) is 11.7 Å². The number of aryl methyl sites for hydroxylation is 1. The summed E-state index contributed by atoms with van der Waals surface area (Å²) in [4.78, 5) is 9.85. The van der Waals surface area contributed by atoms with Crippen molar-refractivity contribution < 1.29 is 4.39 Å². The maximum absolute atomic E-state index is 12.3. The van der Waals surface area contributed by atoms with Gasteiger partial charge in [-0.3, -0.25) is 14.7 Å². The molecule has 162 valence electrons. The van der Waals surface area contributed by atoms with Crippen molar-refractivity contribution in [2.75, 3.05) is 20.3 Å². The van der Waals surface area contributed by atoms with Gasteiger partial charge in [0.15, 0.2) is 0 Å². The SMILES string of the molecule is CN=c1sc(CNCCF)nn1C(C)Cc1ccc2ncc(-c3cnn(C)c3)cc2c1. The van der Waals surface area contributed by atoms with Crippen LogP contribution in [0.15, 0.2) is 47.8 Å². The highest BCUT2D eigenvalue weighted by molar-refractivity contribution is 7.08. The molecule has 0 aliphatic carbocycles. The zero-order valence-corrected chi connectivity index (χ0v) is 18.7. The molecule has 0 saturated heterocycles. The van der Waals surface area contributed by atoms with Gasteiger partial charge in [0.25, 0.3) is 0 Å². The number of aromatic nitrogens is 5. The summed E-state index contributed by atoms with van der Waals surface area (Å²) in [6.07, 6.45) is 6.55. The average molecular weight is 440 g/mol. The minimum absolute atomic E-state index is 0.136. The maximum atomic E-state index is 12.3. The molecule has 0 bridgehead atoms. The van der Waals surface area contributed by atoms with Crippen LogP contribution < -0.4 is 10.1 Å². The van der Waals surface area contributed by atoms with Crippen LogP contribution in [0.3, 0.4) is 0 Å². The van der Waals surface area contributed by atoms with E-state index in [0.717, 1.165) is 38.3 Å². The number of nitrogens with one attached hydrogen (secondary N) is 1. The third kappa shape index (κ3) is 4.88. The summed E-state index contributed by atoms with van der Waals surface area (Å²) in [5.74, 6) is 0. The standard InChI is InChI=1S/C22H26FN7S/c1-15(30-22(24-2)31-21(28-30)13-25-7-6-23)8-16-4-5-20-17(9-16)10-18(11-26-20)19-12-27-29(3)14-19/h4-5,9-12,14-15,25H,6-8,13H2,1-3H3. The van der Waals surface area contributed by atoms with E-state index in [0.29, 0.717) is 13.1 Å². The third-order valence-corrected chi connectivity index (χ3v) is 6.11. The molecular weight excluding hydrogens is 413 g/mol. The van der Waals surface area contributed by atoms with E-state index in [1.165, 1.54) is 16.9 Å². The molecule has 3 aromatic heterocycles. The highest BCUT2D eigenvalue weighted by Gasteiger charge is 2.13. The molecule has 0 radical (unpaired) electrons. The number of pyridine rings is 1. The number of nitrogens with zero attached hydrogens (tertiary/aromatic N) is 6. The minimum atomic E-state index is -0.383. The molecule has 0 saturated carbocycles. The second kappa shape index (κ2) is 9.49. The second-order valence-electron chi connectivity index (χ2n) is 7.52. The summed E-state index contributed by atoms with van der Waals surface area (Å²) in [7, 11) is 3.68. The first-order valence-electron chi connectivity index (χ1n) is 10.2. The van der Waals surface area contributed by atoms with E-state index in [9.17, 15) is 4.39 Å². The predicted molar refractivity (Wildman–Crippen MR) is 122 cm³/mol. The van der Waals surface area contributed by atoms with Crippen molar-refractivity contribution in [2.24, 2.45) is 12.0 Å². The van der Waals surface area contributed by atoms with Gasteiger partial charge in [0.2, 0.25) is 4.80 Å². The topological polar surface area (TPSA) is 72.9 Å². The van der Waals surface area contributed by atoms with Crippen molar-refractivity contribution in [3.05, 3.63) is 58.2 Å².